The molecule has 6 nitrogen and oxygen atoms in total. The van der Waals surface area contributed by atoms with Gasteiger partial charge in [0.15, 0.2) is 0 Å². The highest BCUT2D eigenvalue weighted by molar-refractivity contribution is 6.02. The monoisotopic (exact) mass is 406 g/mol. The molecule has 158 valence electrons. The Balaban J connectivity index is 1.66. The summed E-state index contributed by atoms with van der Waals surface area (Å²) in [5.41, 5.74) is 11.1. The number of anilines is 1. The molecule has 30 heavy (non-hydrogen) atoms. The molecule has 0 unspecified atom stereocenters. The van der Waals surface area contributed by atoms with Crippen molar-refractivity contribution in [1.82, 2.24) is 14.4 Å². The number of nitrogens with two attached hydrogens (primary N) is 1. The number of rotatable bonds is 4. The van der Waals surface area contributed by atoms with Crippen molar-refractivity contribution in [2.75, 3.05) is 46.1 Å². The van der Waals surface area contributed by atoms with E-state index in [-0.39, 0.29) is 5.91 Å². The van der Waals surface area contributed by atoms with E-state index in [1.807, 2.05) is 47.4 Å². The van der Waals surface area contributed by atoms with E-state index in [9.17, 15) is 4.79 Å². The predicted molar refractivity (Wildman–Crippen MR) is 122 cm³/mol. The standard InChI is InChI=1S/C24H30N4O2/c1-4-28-21-11-10-19(30-3)16-20(21)22(25)23(28)17-6-8-18(9-7-17)24(29)27-13-5-12-26(2)14-15-27/h6-11,16H,4-5,12-15,25H2,1-3H3. The summed E-state index contributed by atoms with van der Waals surface area (Å²) in [6.07, 6.45) is 1.01. The Morgan fingerprint density at radius 2 is 1.83 bits per heavy atom. The van der Waals surface area contributed by atoms with Gasteiger partial charge in [0.2, 0.25) is 0 Å². The number of nitrogen functional groups attached to an aromatic ring is 1. The minimum atomic E-state index is 0.102. The molecule has 0 bridgehead atoms. The number of aryl methyl sites for hydroxylation is 1. The van der Waals surface area contributed by atoms with Crippen LogP contribution in [0.3, 0.4) is 0 Å². The molecule has 1 aromatic heterocycles. The molecule has 1 amide bonds. The highest BCUT2D eigenvalue weighted by Crippen LogP contribution is 2.37. The number of hydrogen-bond acceptors (Lipinski definition) is 4. The summed E-state index contributed by atoms with van der Waals surface area (Å²) in [6.45, 7) is 6.45. The Hall–Kier alpha value is -2.99. The molecule has 1 aliphatic heterocycles. The number of aromatic nitrogens is 1. The van der Waals surface area contributed by atoms with Crippen LogP contribution in [0.15, 0.2) is 42.5 Å². The molecule has 0 saturated carbocycles. The van der Waals surface area contributed by atoms with Crippen molar-refractivity contribution in [2.45, 2.75) is 19.9 Å². The molecule has 1 fully saturated rings. The molecule has 0 radical (unpaired) electrons. The number of likely N-dealkylation sites (N-methyl/N-ethyl adjacent to an activating group) is 1. The van der Waals surface area contributed by atoms with Gasteiger partial charge in [0.05, 0.1) is 24.0 Å². The van der Waals surface area contributed by atoms with Gasteiger partial charge in [-0.1, -0.05) is 12.1 Å². The molecule has 3 aromatic rings. The average Bonchev–Trinajstić information content (AvgIpc) is 2.89. The van der Waals surface area contributed by atoms with Crippen molar-refractivity contribution < 1.29 is 9.53 Å². The van der Waals surface area contributed by atoms with Crippen LogP contribution >= 0.6 is 0 Å². The van der Waals surface area contributed by atoms with Gasteiger partial charge in [-0.15, -0.1) is 0 Å². The second-order valence-corrected chi connectivity index (χ2v) is 7.92. The molecule has 0 spiro atoms. The molecule has 1 saturated heterocycles. The zero-order chi connectivity index (χ0) is 21.3. The number of ether oxygens (including phenoxy) is 1. The van der Waals surface area contributed by atoms with E-state index in [1.54, 1.807) is 7.11 Å². The van der Waals surface area contributed by atoms with Crippen LogP contribution in [0.5, 0.6) is 5.75 Å². The number of methoxy groups -OCH3 is 1. The second kappa shape index (κ2) is 8.40. The minimum Gasteiger partial charge on any atom is -0.497 e. The molecule has 1 aliphatic rings. The largest absolute Gasteiger partial charge is 0.497 e. The van der Waals surface area contributed by atoms with E-state index in [0.717, 1.165) is 78.3 Å². The van der Waals surface area contributed by atoms with Crippen LogP contribution in [-0.2, 0) is 6.54 Å². The van der Waals surface area contributed by atoms with Gasteiger partial charge in [0, 0.05) is 42.7 Å². The van der Waals surface area contributed by atoms with Crippen molar-refractivity contribution in [3.63, 3.8) is 0 Å². The van der Waals surface area contributed by atoms with Gasteiger partial charge in [-0.3, -0.25) is 4.79 Å². The summed E-state index contributed by atoms with van der Waals surface area (Å²) >= 11 is 0. The van der Waals surface area contributed by atoms with Crippen LogP contribution in [0, 0.1) is 0 Å². The number of fused-ring (bicyclic) bond motifs is 1. The van der Waals surface area contributed by atoms with Crippen molar-refractivity contribution in [3.8, 4) is 17.0 Å². The Morgan fingerprint density at radius 3 is 2.53 bits per heavy atom. The van der Waals surface area contributed by atoms with Gasteiger partial charge in [0.25, 0.3) is 5.91 Å². The first-order chi connectivity index (χ1) is 14.5. The third-order valence-electron chi connectivity index (χ3n) is 6.04. The van der Waals surface area contributed by atoms with Crippen molar-refractivity contribution in [1.29, 1.82) is 0 Å². The molecule has 4 rings (SSSR count). The number of amides is 1. The van der Waals surface area contributed by atoms with Crippen LogP contribution in [-0.4, -0.2) is 60.6 Å². The van der Waals surface area contributed by atoms with E-state index >= 15 is 0 Å². The zero-order valence-electron chi connectivity index (χ0n) is 18.0. The summed E-state index contributed by atoms with van der Waals surface area (Å²) in [4.78, 5) is 17.2. The summed E-state index contributed by atoms with van der Waals surface area (Å²) in [5, 5.41) is 0.986. The first-order valence-corrected chi connectivity index (χ1v) is 10.6. The SMILES string of the molecule is CCn1c(-c2ccc(C(=O)N3CCCN(C)CC3)cc2)c(N)c2cc(OC)ccc21. The van der Waals surface area contributed by atoms with E-state index in [4.69, 9.17) is 10.5 Å². The molecule has 2 heterocycles. The number of carbonyl (C=O) groups excluding carboxylic acids is 1. The average molecular weight is 407 g/mol. The molecule has 0 atom stereocenters. The maximum atomic E-state index is 13.0. The van der Waals surface area contributed by atoms with E-state index in [2.05, 4.69) is 23.4 Å². The topological polar surface area (TPSA) is 63.7 Å². The van der Waals surface area contributed by atoms with Crippen LogP contribution in [0.2, 0.25) is 0 Å². The predicted octanol–water partition coefficient (Wildman–Crippen LogP) is 3.70. The Morgan fingerprint density at radius 1 is 1.07 bits per heavy atom. The van der Waals surface area contributed by atoms with Gasteiger partial charge >= 0.3 is 0 Å². The highest BCUT2D eigenvalue weighted by Gasteiger charge is 2.20. The second-order valence-electron chi connectivity index (χ2n) is 7.92. The number of hydrogen-bond donors (Lipinski definition) is 1. The number of benzene rings is 2. The van der Waals surface area contributed by atoms with Gasteiger partial charge in [-0.05, 0) is 57.3 Å². The fraction of sp³-hybridized carbons (Fsp3) is 0.375. The van der Waals surface area contributed by atoms with Crippen molar-refractivity contribution in [2.24, 2.45) is 0 Å². The van der Waals surface area contributed by atoms with Gasteiger partial charge in [-0.2, -0.15) is 0 Å². The normalized spacial score (nSPS) is 15.4. The van der Waals surface area contributed by atoms with Crippen LogP contribution in [0.1, 0.15) is 23.7 Å². The van der Waals surface area contributed by atoms with Gasteiger partial charge < -0.3 is 24.8 Å². The van der Waals surface area contributed by atoms with Crippen LogP contribution in [0.4, 0.5) is 5.69 Å². The molecule has 0 aliphatic carbocycles. The number of carbonyl (C=O) groups is 1. The lowest BCUT2D eigenvalue weighted by molar-refractivity contribution is 0.0763. The van der Waals surface area contributed by atoms with Crippen molar-refractivity contribution in [3.05, 3.63) is 48.0 Å². The van der Waals surface area contributed by atoms with Gasteiger partial charge in [-0.25, -0.2) is 0 Å². The van der Waals surface area contributed by atoms with Gasteiger partial charge in [0.1, 0.15) is 5.75 Å². The smallest absolute Gasteiger partial charge is 0.253 e. The Bertz CT molecular complexity index is 1060. The lowest BCUT2D eigenvalue weighted by Crippen LogP contribution is -2.34. The molecular weight excluding hydrogens is 376 g/mol. The molecular formula is C24H30N4O2. The fourth-order valence-electron chi connectivity index (χ4n) is 4.33. The molecule has 2 aromatic carbocycles. The Kier molecular flexibility index (Phi) is 5.68. The molecule has 6 heteroatoms. The lowest BCUT2D eigenvalue weighted by atomic mass is 10.1. The number of nitrogens with zero attached hydrogens (tertiary/aromatic N) is 3. The fourth-order valence-corrected chi connectivity index (χ4v) is 4.33. The summed E-state index contributed by atoms with van der Waals surface area (Å²) in [7, 11) is 3.77. The summed E-state index contributed by atoms with van der Waals surface area (Å²) in [5.74, 6) is 0.892. The first-order valence-electron chi connectivity index (χ1n) is 10.6. The van der Waals surface area contributed by atoms with E-state index in [0.29, 0.717) is 0 Å². The lowest BCUT2D eigenvalue weighted by Gasteiger charge is -2.20. The maximum absolute atomic E-state index is 13.0. The Labute approximate surface area is 177 Å². The quantitative estimate of drug-likeness (QED) is 0.718. The van der Waals surface area contributed by atoms with E-state index in [1.165, 1.54) is 0 Å². The summed E-state index contributed by atoms with van der Waals surface area (Å²) in [6, 6.07) is 13.8. The minimum absolute atomic E-state index is 0.102. The zero-order valence-corrected chi connectivity index (χ0v) is 18.0. The third kappa shape index (κ3) is 3.63. The molecule has 2 N–H and O–H groups in total. The van der Waals surface area contributed by atoms with Crippen molar-refractivity contribution >= 4 is 22.5 Å². The summed E-state index contributed by atoms with van der Waals surface area (Å²) < 4.78 is 7.58. The maximum Gasteiger partial charge on any atom is 0.253 e. The van der Waals surface area contributed by atoms with Crippen LogP contribution in [0.25, 0.3) is 22.2 Å². The third-order valence-corrected chi connectivity index (χ3v) is 6.04. The van der Waals surface area contributed by atoms with E-state index < -0.39 is 0 Å². The highest BCUT2D eigenvalue weighted by atomic mass is 16.5. The van der Waals surface area contributed by atoms with Crippen LogP contribution < -0.4 is 10.5 Å². The first kappa shape index (κ1) is 20.3.